The van der Waals surface area contributed by atoms with Gasteiger partial charge in [0.25, 0.3) is 0 Å². The predicted octanol–water partition coefficient (Wildman–Crippen LogP) is 4.52. The number of amides is 2. The lowest BCUT2D eigenvalue weighted by atomic mass is 10.0. The van der Waals surface area contributed by atoms with Gasteiger partial charge in [-0.1, -0.05) is 86.1 Å². The summed E-state index contributed by atoms with van der Waals surface area (Å²) in [5.74, 6) is -0.587. The van der Waals surface area contributed by atoms with Crippen LogP contribution in [0.5, 0.6) is 0 Å². The lowest BCUT2D eigenvalue weighted by Gasteiger charge is -2.33. The molecule has 0 fully saturated rings. The van der Waals surface area contributed by atoms with Crippen molar-refractivity contribution in [2.75, 3.05) is 23.7 Å². The molecule has 0 aliphatic rings. The number of hydrogen-bond donors (Lipinski definition) is 1. The number of carbonyl (C=O) groups excluding carboxylic acids is 2. The fourth-order valence-electron chi connectivity index (χ4n) is 4.02. The molecule has 0 bridgehead atoms. The van der Waals surface area contributed by atoms with Gasteiger partial charge in [-0.05, 0) is 41.3 Å². The summed E-state index contributed by atoms with van der Waals surface area (Å²) in [5.41, 5.74) is 1.98. The second-order valence-corrected chi connectivity index (χ2v) is 11.9. The molecule has 3 aromatic carbocycles. The van der Waals surface area contributed by atoms with Crippen molar-refractivity contribution < 1.29 is 18.0 Å². The first-order valence-electron chi connectivity index (χ1n) is 12.4. The van der Waals surface area contributed by atoms with Crippen molar-refractivity contribution in [1.82, 2.24) is 10.2 Å². The Bertz CT molecular complexity index is 1320. The van der Waals surface area contributed by atoms with Crippen LogP contribution < -0.4 is 9.62 Å². The Balaban J connectivity index is 2.03. The second-order valence-electron chi connectivity index (χ2n) is 9.60. The van der Waals surface area contributed by atoms with Gasteiger partial charge in [0.1, 0.15) is 12.6 Å². The molecule has 3 rings (SSSR count). The maximum Gasteiger partial charge on any atom is 0.244 e. The van der Waals surface area contributed by atoms with Crippen LogP contribution >= 0.6 is 11.6 Å². The Morgan fingerprint density at radius 3 is 2.08 bits per heavy atom. The minimum absolute atomic E-state index is 0.0817. The van der Waals surface area contributed by atoms with Crippen molar-refractivity contribution in [2.24, 2.45) is 5.92 Å². The summed E-state index contributed by atoms with van der Waals surface area (Å²) in [5, 5.41) is 3.46. The molecule has 0 aliphatic heterocycles. The topological polar surface area (TPSA) is 86.8 Å². The highest BCUT2D eigenvalue weighted by Gasteiger charge is 2.33. The van der Waals surface area contributed by atoms with Crippen LogP contribution in [0.4, 0.5) is 5.69 Å². The molecule has 202 valence electrons. The molecule has 0 aliphatic carbocycles. The van der Waals surface area contributed by atoms with Gasteiger partial charge in [-0.2, -0.15) is 0 Å². The number of halogens is 1. The molecule has 0 aromatic heterocycles. The number of hydrogen-bond acceptors (Lipinski definition) is 4. The van der Waals surface area contributed by atoms with Gasteiger partial charge in [0.2, 0.25) is 21.8 Å². The molecular formula is C29H34ClN3O4S. The fraction of sp³-hybridized carbons (Fsp3) is 0.310. The summed E-state index contributed by atoms with van der Waals surface area (Å²) in [6.45, 7) is 4.06. The third-order valence-electron chi connectivity index (χ3n) is 5.92. The minimum Gasteiger partial charge on any atom is -0.354 e. The third-order valence-corrected chi connectivity index (χ3v) is 7.30. The molecule has 0 radical (unpaired) electrons. The normalized spacial score (nSPS) is 12.1. The van der Waals surface area contributed by atoms with Gasteiger partial charge in [0, 0.05) is 24.5 Å². The molecule has 1 N–H and O–H groups in total. The van der Waals surface area contributed by atoms with Crippen LogP contribution in [0.2, 0.25) is 5.02 Å². The number of anilines is 1. The lowest BCUT2D eigenvalue weighted by molar-refractivity contribution is -0.140. The number of nitrogens with zero attached hydrogens (tertiary/aromatic N) is 2. The van der Waals surface area contributed by atoms with Gasteiger partial charge in [-0.15, -0.1) is 0 Å². The minimum atomic E-state index is -3.79. The number of rotatable bonds is 12. The van der Waals surface area contributed by atoms with E-state index < -0.39 is 28.5 Å². The Morgan fingerprint density at radius 1 is 0.895 bits per heavy atom. The largest absolute Gasteiger partial charge is 0.354 e. The molecule has 38 heavy (non-hydrogen) atoms. The van der Waals surface area contributed by atoms with Crippen LogP contribution in [-0.4, -0.2) is 50.5 Å². The quantitative estimate of drug-likeness (QED) is 0.356. The van der Waals surface area contributed by atoms with E-state index >= 15 is 0 Å². The summed E-state index contributed by atoms with van der Waals surface area (Å²) < 4.78 is 26.5. The highest BCUT2D eigenvalue weighted by Crippen LogP contribution is 2.21. The third kappa shape index (κ3) is 8.60. The monoisotopic (exact) mass is 555 g/mol. The number of benzene rings is 3. The van der Waals surface area contributed by atoms with Crippen LogP contribution in [0.1, 0.15) is 25.0 Å². The molecule has 0 saturated carbocycles. The number of carbonyl (C=O) groups is 2. The SMILES string of the molecule is CC(C)CNC(=O)[C@H](Cc1ccccc1)N(Cc1cccc(Cl)c1)C(=O)CN(c1ccccc1)S(C)(=O)=O. The zero-order valence-electron chi connectivity index (χ0n) is 21.9. The van der Waals surface area contributed by atoms with Crippen LogP contribution in [0.25, 0.3) is 0 Å². The maximum atomic E-state index is 13.9. The molecule has 0 heterocycles. The summed E-state index contributed by atoms with van der Waals surface area (Å²) in [6.07, 6.45) is 1.33. The average Bonchev–Trinajstić information content (AvgIpc) is 2.88. The average molecular weight is 556 g/mol. The standard InChI is InChI=1S/C29H34ClN3O4S/c1-22(2)19-31-29(35)27(18-23-11-6-4-7-12-23)32(20-24-13-10-14-25(30)17-24)28(34)21-33(38(3,36)37)26-15-8-5-9-16-26/h4-17,22,27H,18-21H2,1-3H3,(H,31,35)/t27-/m0/s1. The molecule has 7 nitrogen and oxygen atoms in total. The van der Waals surface area contributed by atoms with E-state index in [4.69, 9.17) is 11.6 Å². The van der Waals surface area contributed by atoms with Crippen LogP contribution in [0, 0.1) is 5.92 Å². The zero-order valence-corrected chi connectivity index (χ0v) is 23.5. The molecule has 3 aromatic rings. The highest BCUT2D eigenvalue weighted by molar-refractivity contribution is 7.92. The first-order chi connectivity index (χ1) is 18.0. The molecular weight excluding hydrogens is 522 g/mol. The van der Waals surface area contributed by atoms with Crippen molar-refractivity contribution in [3.8, 4) is 0 Å². The van der Waals surface area contributed by atoms with Crippen LogP contribution in [-0.2, 0) is 32.6 Å². The van der Waals surface area contributed by atoms with E-state index in [1.54, 1.807) is 48.5 Å². The van der Waals surface area contributed by atoms with Gasteiger partial charge < -0.3 is 10.2 Å². The first kappa shape index (κ1) is 29.2. The van der Waals surface area contributed by atoms with Crippen LogP contribution in [0.3, 0.4) is 0 Å². The van der Waals surface area contributed by atoms with E-state index in [-0.39, 0.29) is 24.8 Å². The summed E-state index contributed by atoms with van der Waals surface area (Å²) >= 11 is 6.22. The van der Waals surface area contributed by atoms with Gasteiger partial charge in [-0.25, -0.2) is 8.42 Å². The number of sulfonamides is 1. The molecule has 9 heteroatoms. The van der Waals surface area contributed by atoms with Crippen molar-refractivity contribution in [2.45, 2.75) is 32.9 Å². The van der Waals surface area contributed by atoms with E-state index in [2.05, 4.69) is 5.32 Å². The Hall–Kier alpha value is -3.36. The van der Waals surface area contributed by atoms with E-state index in [0.29, 0.717) is 17.3 Å². The molecule has 1 atom stereocenters. The van der Waals surface area contributed by atoms with Crippen molar-refractivity contribution in [3.05, 3.63) is 101 Å². The molecule has 0 unspecified atom stereocenters. The Morgan fingerprint density at radius 2 is 1.50 bits per heavy atom. The van der Waals surface area contributed by atoms with E-state index in [1.807, 2.05) is 50.2 Å². The van der Waals surface area contributed by atoms with Gasteiger partial charge in [-0.3, -0.25) is 13.9 Å². The smallest absolute Gasteiger partial charge is 0.244 e. The summed E-state index contributed by atoms with van der Waals surface area (Å²) in [6, 6.07) is 24.1. The van der Waals surface area contributed by atoms with Gasteiger partial charge in [0.15, 0.2) is 0 Å². The maximum absolute atomic E-state index is 13.9. The van der Waals surface area contributed by atoms with Crippen molar-refractivity contribution >= 4 is 39.1 Å². The van der Waals surface area contributed by atoms with Crippen molar-refractivity contribution in [1.29, 1.82) is 0 Å². The molecule has 0 saturated heterocycles. The van der Waals surface area contributed by atoms with E-state index in [0.717, 1.165) is 21.7 Å². The van der Waals surface area contributed by atoms with Crippen LogP contribution in [0.15, 0.2) is 84.9 Å². The summed E-state index contributed by atoms with van der Waals surface area (Å²) in [7, 11) is -3.79. The lowest BCUT2D eigenvalue weighted by Crippen LogP contribution is -2.53. The van der Waals surface area contributed by atoms with Gasteiger partial charge in [0.05, 0.1) is 11.9 Å². The molecule has 2 amide bonds. The van der Waals surface area contributed by atoms with E-state index in [9.17, 15) is 18.0 Å². The first-order valence-corrected chi connectivity index (χ1v) is 14.7. The predicted molar refractivity (Wildman–Crippen MR) is 152 cm³/mol. The molecule has 0 spiro atoms. The van der Waals surface area contributed by atoms with Crippen molar-refractivity contribution in [3.63, 3.8) is 0 Å². The second kappa shape index (κ2) is 13.4. The fourth-order valence-corrected chi connectivity index (χ4v) is 5.08. The van der Waals surface area contributed by atoms with Gasteiger partial charge >= 0.3 is 0 Å². The highest BCUT2D eigenvalue weighted by atomic mass is 35.5. The number of para-hydroxylation sites is 1. The Kier molecular flexibility index (Phi) is 10.3. The number of nitrogens with one attached hydrogen (secondary N) is 1. The van der Waals surface area contributed by atoms with E-state index in [1.165, 1.54) is 4.90 Å². The zero-order chi connectivity index (χ0) is 27.7. The Labute approximate surface area is 230 Å². The summed E-state index contributed by atoms with van der Waals surface area (Å²) in [4.78, 5) is 28.9.